The predicted molar refractivity (Wildman–Crippen MR) is 107 cm³/mol. The van der Waals surface area contributed by atoms with Crippen molar-refractivity contribution in [2.24, 2.45) is 0 Å². The molecule has 1 aromatic heterocycles. The number of aryl methyl sites for hydroxylation is 2. The minimum atomic E-state index is 0.820. The van der Waals surface area contributed by atoms with Crippen LogP contribution in [0.25, 0.3) is 5.57 Å². The topological polar surface area (TPSA) is 12.9 Å². The number of allylic oxidation sites excluding steroid dienone is 1. The number of hydrogen-bond acceptors (Lipinski definition) is 1. The number of nitrogens with zero attached hydrogens (tertiary/aromatic N) is 1. The van der Waals surface area contributed by atoms with Gasteiger partial charge in [-0.25, -0.2) is 0 Å². The molecular weight excluding hydrogens is 382 g/mol. The smallest absolute Gasteiger partial charge is 0.0740 e. The highest BCUT2D eigenvalue weighted by Crippen LogP contribution is 2.38. The van der Waals surface area contributed by atoms with Crippen molar-refractivity contribution in [1.29, 1.82) is 0 Å². The maximum absolute atomic E-state index is 6.28. The van der Waals surface area contributed by atoms with Gasteiger partial charge in [-0.2, -0.15) is 0 Å². The molecule has 1 nitrogen and oxygen atoms in total. The highest BCUT2D eigenvalue weighted by atomic mass is 79.9. The lowest BCUT2D eigenvalue weighted by molar-refractivity contribution is 0.805. The maximum atomic E-state index is 6.28. The van der Waals surface area contributed by atoms with E-state index in [4.69, 9.17) is 16.6 Å². The normalized spacial score (nSPS) is 13.2. The van der Waals surface area contributed by atoms with E-state index in [2.05, 4.69) is 48.0 Å². The largest absolute Gasteiger partial charge is 0.255 e. The van der Waals surface area contributed by atoms with Crippen LogP contribution < -0.4 is 0 Å². The van der Waals surface area contributed by atoms with E-state index in [-0.39, 0.29) is 0 Å². The van der Waals surface area contributed by atoms with E-state index in [1.54, 1.807) is 0 Å². The van der Waals surface area contributed by atoms with Crippen LogP contribution in [-0.4, -0.2) is 4.98 Å². The summed E-state index contributed by atoms with van der Waals surface area (Å²) < 4.78 is 1.05. The van der Waals surface area contributed by atoms with Crippen LogP contribution in [0.3, 0.4) is 0 Å². The number of rotatable bonds is 4. The Morgan fingerprint density at radius 3 is 2.50 bits per heavy atom. The Hall–Kier alpha value is -1.12. The van der Waals surface area contributed by atoms with Crippen molar-refractivity contribution in [3.63, 3.8) is 0 Å². The Labute approximate surface area is 158 Å². The number of aromatic nitrogens is 1. The Morgan fingerprint density at radius 2 is 1.79 bits per heavy atom. The lowest BCUT2D eigenvalue weighted by Gasteiger charge is -2.17. The van der Waals surface area contributed by atoms with Crippen molar-refractivity contribution < 1.29 is 0 Å². The van der Waals surface area contributed by atoms with Crippen LogP contribution in [0.1, 0.15) is 61.9 Å². The standard InChI is InChI=1S/C21H23BrClN/c1-3-5-14(6-4-2)20-19-10-9-18(23)12-15(19)7-8-16-11-17(22)13-24-21(16)20/h9-13H,3-8H2,1-2H3. The Morgan fingerprint density at radius 1 is 1.08 bits per heavy atom. The van der Waals surface area contributed by atoms with Gasteiger partial charge >= 0.3 is 0 Å². The first-order chi connectivity index (χ1) is 11.6. The summed E-state index contributed by atoms with van der Waals surface area (Å²) in [5.41, 5.74) is 8.04. The highest BCUT2D eigenvalue weighted by Gasteiger charge is 2.22. The van der Waals surface area contributed by atoms with Crippen molar-refractivity contribution in [2.75, 3.05) is 0 Å². The first-order valence-corrected chi connectivity index (χ1v) is 9.96. The lowest BCUT2D eigenvalue weighted by Crippen LogP contribution is -2.01. The molecule has 0 fully saturated rings. The quantitative estimate of drug-likeness (QED) is 0.534. The highest BCUT2D eigenvalue weighted by molar-refractivity contribution is 9.10. The minimum Gasteiger partial charge on any atom is -0.255 e. The van der Waals surface area contributed by atoms with Crippen LogP contribution in [0.4, 0.5) is 0 Å². The minimum absolute atomic E-state index is 0.820. The molecule has 1 aliphatic carbocycles. The summed E-state index contributed by atoms with van der Waals surface area (Å²) in [5.74, 6) is 0. The molecule has 0 saturated carbocycles. The fraction of sp³-hybridized carbons (Fsp3) is 0.381. The number of halogens is 2. The van der Waals surface area contributed by atoms with E-state index in [9.17, 15) is 0 Å². The molecule has 0 atom stereocenters. The molecule has 126 valence electrons. The van der Waals surface area contributed by atoms with E-state index in [1.165, 1.54) is 27.8 Å². The molecule has 0 bridgehead atoms. The third kappa shape index (κ3) is 3.60. The first kappa shape index (κ1) is 17.7. The molecule has 3 heteroatoms. The van der Waals surface area contributed by atoms with Crippen molar-refractivity contribution in [2.45, 2.75) is 52.4 Å². The van der Waals surface area contributed by atoms with Gasteiger partial charge in [-0.05, 0) is 76.5 Å². The van der Waals surface area contributed by atoms with E-state index in [0.717, 1.165) is 53.7 Å². The summed E-state index contributed by atoms with van der Waals surface area (Å²) >= 11 is 9.86. The summed E-state index contributed by atoms with van der Waals surface area (Å²) in [7, 11) is 0. The van der Waals surface area contributed by atoms with Crippen LogP contribution in [-0.2, 0) is 12.8 Å². The van der Waals surface area contributed by atoms with Gasteiger partial charge in [0.05, 0.1) is 5.69 Å². The van der Waals surface area contributed by atoms with E-state index in [0.29, 0.717) is 0 Å². The van der Waals surface area contributed by atoms with Crippen molar-refractivity contribution in [3.8, 4) is 0 Å². The molecule has 0 spiro atoms. The van der Waals surface area contributed by atoms with Gasteiger partial charge in [0.15, 0.2) is 0 Å². The Kier molecular flexibility index (Phi) is 5.78. The van der Waals surface area contributed by atoms with Gasteiger partial charge in [-0.1, -0.05) is 49.9 Å². The molecule has 1 aliphatic rings. The average molecular weight is 405 g/mol. The van der Waals surface area contributed by atoms with Gasteiger partial charge in [0.2, 0.25) is 0 Å². The summed E-state index contributed by atoms with van der Waals surface area (Å²) in [5, 5.41) is 0.820. The fourth-order valence-electron chi connectivity index (χ4n) is 3.64. The van der Waals surface area contributed by atoms with Crippen molar-refractivity contribution in [1.82, 2.24) is 4.98 Å². The molecule has 0 N–H and O–H groups in total. The van der Waals surface area contributed by atoms with Crippen LogP contribution in [0.5, 0.6) is 0 Å². The number of hydrogen-bond donors (Lipinski definition) is 0. The summed E-state index contributed by atoms with van der Waals surface area (Å²) in [6.07, 6.45) is 8.52. The average Bonchev–Trinajstić information content (AvgIpc) is 2.71. The van der Waals surface area contributed by atoms with Crippen LogP contribution in [0.2, 0.25) is 5.02 Å². The molecular formula is C21H23BrClN. The van der Waals surface area contributed by atoms with E-state index >= 15 is 0 Å². The molecule has 0 unspecified atom stereocenters. The molecule has 0 amide bonds. The molecule has 0 aliphatic heterocycles. The predicted octanol–water partition coefficient (Wildman–Crippen LogP) is 7.00. The lowest BCUT2D eigenvalue weighted by atomic mass is 9.89. The van der Waals surface area contributed by atoms with Gasteiger partial charge in [0.25, 0.3) is 0 Å². The van der Waals surface area contributed by atoms with Crippen LogP contribution >= 0.6 is 27.5 Å². The van der Waals surface area contributed by atoms with Crippen LogP contribution in [0.15, 0.2) is 40.5 Å². The third-order valence-corrected chi connectivity index (χ3v) is 5.30. The van der Waals surface area contributed by atoms with Crippen molar-refractivity contribution >= 4 is 33.1 Å². The summed E-state index contributed by atoms with van der Waals surface area (Å²) in [6.45, 7) is 4.51. The second kappa shape index (κ2) is 7.84. The molecule has 24 heavy (non-hydrogen) atoms. The molecule has 1 heterocycles. The Balaban J connectivity index is 2.29. The molecule has 0 saturated heterocycles. The first-order valence-electron chi connectivity index (χ1n) is 8.79. The van der Waals surface area contributed by atoms with Gasteiger partial charge < -0.3 is 0 Å². The van der Waals surface area contributed by atoms with Crippen LogP contribution in [0, 0.1) is 0 Å². The van der Waals surface area contributed by atoms with Gasteiger partial charge in [-0.3, -0.25) is 4.98 Å². The summed E-state index contributed by atoms with van der Waals surface area (Å²) in [4.78, 5) is 4.83. The van der Waals surface area contributed by atoms with E-state index < -0.39 is 0 Å². The zero-order valence-corrected chi connectivity index (χ0v) is 16.7. The number of pyridine rings is 1. The van der Waals surface area contributed by atoms with Gasteiger partial charge in [0, 0.05) is 21.3 Å². The fourth-order valence-corrected chi connectivity index (χ4v) is 4.22. The summed E-state index contributed by atoms with van der Waals surface area (Å²) in [6, 6.07) is 8.57. The molecule has 2 aromatic rings. The second-order valence-corrected chi connectivity index (χ2v) is 7.79. The molecule has 0 radical (unpaired) electrons. The molecule has 3 rings (SSSR count). The van der Waals surface area contributed by atoms with Gasteiger partial charge in [0.1, 0.15) is 0 Å². The van der Waals surface area contributed by atoms with E-state index in [1.807, 2.05) is 12.3 Å². The second-order valence-electron chi connectivity index (χ2n) is 6.44. The SMILES string of the molecule is CCCC(CCC)=C1c2ccc(Cl)cc2CCc2cc(Br)cnc21. The zero-order chi connectivity index (χ0) is 17.1. The van der Waals surface area contributed by atoms with Gasteiger partial charge in [-0.15, -0.1) is 0 Å². The Bertz CT molecular complexity index is 716. The third-order valence-electron chi connectivity index (χ3n) is 4.63. The number of benzene rings is 1. The van der Waals surface area contributed by atoms with Crippen molar-refractivity contribution in [3.05, 3.63) is 67.9 Å². The monoisotopic (exact) mass is 403 g/mol. The number of fused-ring (bicyclic) bond motifs is 2. The maximum Gasteiger partial charge on any atom is 0.0740 e. The zero-order valence-electron chi connectivity index (χ0n) is 14.3. The molecule has 1 aromatic carbocycles.